The summed E-state index contributed by atoms with van der Waals surface area (Å²) in [4.78, 5) is -0.816. The average Bonchev–Trinajstić information content (AvgIpc) is 2.31. The highest BCUT2D eigenvalue weighted by molar-refractivity contribution is 14.1. The molecule has 1 aliphatic carbocycles. The molecule has 0 fully saturated rings. The van der Waals surface area contributed by atoms with Crippen LogP contribution in [-0.4, -0.2) is 11.8 Å². The first kappa shape index (κ1) is 8.65. The van der Waals surface area contributed by atoms with Crippen LogP contribution in [0.3, 0.4) is 0 Å². The van der Waals surface area contributed by atoms with Crippen molar-refractivity contribution in [3.05, 3.63) is 21.2 Å². The van der Waals surface area contributed by atoms with Crippen LogP contribution in [0, 0.1) is 0 Å². The predicted molar refractivity (Wildman–Crippen MR) is 53.6 cm³/mol. The van der Waals surface area contributed by atoms with Crippen LogP contribution in [-0.2, 0) is 9.47 Å². The van der Waals surface area contributed by atoms with Crippen molar-refractivity contribution in [3.8, 4) is 0 Å². The van der Waals surface area contributed by atoms with Gasteiger partial charge in [0.1, 0.15) is 10.8 Å². The van der Waals surface area contributed by atoms with Crippen LogP contribution < -0.4 is 5.73 Å². The molecule has 0 aromatic rings. The van der Waals surface area contributed by atoms with Crippen molar-refractivity contribution in [1.82, 2.24) is 0 Å². The Morgan fingerprint density at radius 3 is 3.08 bits per heavy atom. The van der Waals surface area contributed by atoms with Gasteiger partial charge in [0.15, 0.2) is 5.76 Å². The summed E-state index contributed by atoms with van der Waals surface area (Å²) >= 11 is 8.09. The summed E-state index contributed by atoms with van der Waals surface area (Å²) in [6, 6.07) is 0. The molecular formula is C7H7ClINO2. The molecule has 2 N–H and O–H groups in total. The smallest absolute Gasteiger partial charge is 0.230 e. The van der Waals surface area contributed by atoms with E-state index >= 15 is 0 Å². The second-order valence-corrected chi connectivity index (χ2v) is 4.62. The number of hydrogen-bond acceptors (Lipinski definition) is 3. The van der Waals surface area contributed by atoms with Crippen LogP contribution in [0.4, 0.5) is 0 Å². The number of alkyl halides is 1. The number of nitrogens with two attached hydrogens (primary N) is 1. The number of rotatable bonds is 0. The van der Waals surface area contributed by atoms with Gasteiger partial charge in [0.2, 0.25) is 6.79 Å². The van der Waals surface area contributed by atoms with E-state index in [4.69, 9.17) is 26.8 Å². The van der Waals surface area contributed by atoms with Gasteiger partial charge < -0.3 is 15.2 Å². The largest absolute Gasteiger partial charge is 0.458 e. The number of halogens is 2. The fourth-order valence-electron chi connectivity index (χ4n) is 1.21. The third kappa shape index (κ3) is 1.43. The first-order valence-corrected chi connectivity index (χ1v) is 4.89. The molecule has 66 valence electrons. The summed E-state index contributed by atoms with van der Waals surface area (Å²) in [5, 5.41) is 0. The third-order valence-corrected chi connectivity index (χ3v) is 2.75. The van der Waals surface area contributed by atoms with Gasteiger partial charge in [-0.25, -0.2) is 0 Å². The fourth-order valence-corrected chi connectivity index (χ4v) is 2.64. The molecule has 1 heterocycles. The number of allylic oxidation sites excluding steroid dienone is 1. The molecule has 0 saturated carbocycles. The Kier molecular flexibility index (Phi) is 2.00. The van der Waals surface area contributed by atoms with Crippen molar-refractivity contribution >= 4 is 34.2 Å². The minimum atomic E-state index is -0.816. The molecular weight excluding hydrogens is 292 g/mol. The zero-order valence-corrected chi connectivity index (χ0v) is 9.05. The standard InChI is InChI=1S/C7H7ClINO2/c8-7(10)1-4(9)6-5(2-7)11-3-12-6/h1H,2-3,10H2. The first-order chi connectivity index (χ1) is 5.58. The van der Waals surface area contributed by atoms with Crippen LogP contribution in [0.1, 0.15) is 6.42 Å². The van der Waals surface area contributed by atoms with Gasteiger partial charge in [0, 0.05) is 6.42 Å². The third-order valence-electron chi connectivity index (χ3n) is 1.70. The van der Waals surface area contributed by atoms with Crippen LogP contribution in [0.2, 0.25) is 0 Å². The quantitative estimate of drug-likeness (QED) is 0.421. The summed E-state index contributed by atoms with van der Waals surface area (Å²) in [7, 11) is 0. The summed E-state index contributed by atoms with van der Waals surface area (Å²) in [6.07, 6.45) is 2.28. The van der Waals surface area contributed by atoms with E-state index in [1.807, 2.05) is 0 Å². The fraction of sp³-hybridized carbons (Fsp3) is 0.429. The molecule has 2 aliphatic rings. The molecule has 0 aromatic carbocycles. The highest BCUT2D eigenvalue weighted by atomic mass is 127. The Morgan fingerprint density at radius 2 is 2.33 bits per heavy atom. The van der Waals surface area contributed by atoms with E-state index in [1.165, 1.54) is 0 Å². The highest BCUT2D eigenvalue weighted by Crippen LogP contribution is 2.39. The molecule has 2 rings (SSSR count). The van der Waals surface area contributed by atoms with Gasteiger partial charge in [-0.2, -0.15) is 0 Å². The molecule has 0 saturated heterocycles. The van der Waals surface area contributed by atoms with E-state index in [0.29, 0.717) is 6.42 Å². The van der Waals surface area contributed by atoms with Gasteiger partial charge in [-0.1, -0.05) is 11.6 Å². The molecule has 0 aromatic heterocycles. The molecule has 5 heteroatoms. The average molecular weight is 299 g/mol. The molecule has 3 nitrogen and oxygen atoms in total. The van der Waals surface area contributed by atoms with E-state index in [2.05, 4.69) is 22.6 Å². The number of ether oxygens (including phenoxy) is 2. The lowest BCUT2D eigenvalue weighted by atomic mass is 10.1. The normalized spacial score (nSPS) is 33.8. The summed E-state index contributed by atoms with van der Waals surface area (Å²) < 4.78 is 11.4. The lowest BCUT2D eigenvalue weighted by Gasteiger charge is -2.22. The minimum Gasteiger partial charge on any atom is -0.458 e. The van der Waals surface area contributed by atoms with Gasteiger partial charge >= 0.3 is 0 Å². The molecule has 0 bridgehead atoms. The van der Waals surface area contributed by atoms with Crippen molar-refractivity contribution in [3.63, 3.8) is 0 Å². The second kappa shape index (κ2) is 2.78. The van der Waals surface area contributed by atoms with Crippen molar-refractivity contribution in [2.24, 2.45) is 5.73 Å². The molecule has 0 amide bonds. The Morgan fingerprint density at radius 1 is 1.58 bits per heavy atom. The maximum atomic E-state index is 5.96. The summed E-state index contributed by atoms with van der Waals surface area (Å²) in [6.45, 7) is 0.276. The van der Waals surface area contributed by atoms with Gasteiger partial charge in [0.25, 0.3) is 0 Å². The van der Waals surface area contributed by atoms with Gasteiger partial charge in [-0.05, 0) is 28.7 Å². The molecule has 1 unspecified atom stereocenters. The van der Waals surface area contributed by atoms with Crippen molar-refractivity contribution in [1.29, 1.82) is 0 Å². The molecule has 1 aliphatic heterocycles. The van der Waals surface area contributed by atoms with E-state index < -0.39 is 5.00 Å². The Labute approximate surface area is 88.7 Å². The Bertz CT molecular complexity index is 285. The summed E-state index contributed by atoms with van der Waals surface area (Å²) in [5.74, 6) is 1.55. The topological polar surface area (TPSA) is 44.5 Å². The van der Waals surface area contributed by atoms with E-state index in [9.17, 15) is 0 Å². The van der Waals surface area contributed by atoms with Crippen molar-refractivity contribution in [2.75, 3.05) is 6.79 Å². The predicted octanol–water partition coefficient (Wildman–Crippen LogP) is 1.82. The highest BCUT2D eigenvalue weighted by Gasteiger charge is 2.33. The van der Waals surface area contributed by atoms with Crippen LogP contribution in [0.5, 0.6) is 0 Å². The maximum absolute atomic E-state index is 5.96. The van der Waals surface area contributed by atoms with Crippen LogP contribution in [0.15, 0.2) is 21.2 Å². The lowest BCUT2D eigenvalue weighted by Crippen LogP contribution is -2.33. The zero-order chi connectivity index (χ0) is 8.77. The van der Waals surface area contributed by atoms with Crippen LogP contribution in [0.25, 0.3) is 0 Å². The molecule has 0 radical (unpaired) electrons. The summed E-state index contributed by atoms with van der Waals surface area (Å²) in [5.41, 5.74) is 5.74. The molecule has 1 atom stereocenters. The molecule has 12 heavy (non-hydrogen) atoms. The van der Waals surface area contributed by atoms with E-state index in [-0.39, 0.29) is 6.79 Å². The second-order valence-electron chi connectivity index (χ2n) is 2.75. The van der Waals surface area contributed by atoms with E-state index in [0.717, 1.165) is 15.1 Å². The van der Waals surface area contributed by atoms with Crippen LogP contribution >= 0.6 is 34.2 Å². The van der Waals surface area contributed by atoms with Gasteiger partial charge in [0.05, 0.1) is 3.58 Å². The Hall–Kier alpha value is 0.0600. The zero-order valence-electron chi connectivity index (χ0n) is 6.14. The van der Waals surface area contributed by atoms with Crippen molar-refractivity contribution in [2.45, 2.75) is 11.4 Å². The first-order valence-electron chi connectivity index (χ1n) is 3.44. The SMILES string of the molecule is NC1(Cl)C=C(I)C2=C(C1)OCO2. The Balaban J connectivity index is 2.35. The van der Waals surface area contributed by atoms with Gasteiger partial charge in [-0.15, -0.1) is 0 Å². The monoisotopic (exact) mass is 299 g/mol. The molecule has 0 spiro atoms. The minimum absolute atomic E-state index is 0.276. The van der Waals surface area contributed by atoms with Crippen molar-refractivity contribution < 1.29 is 9.47 Å². The maximum Gasteiger partial charge on any atom is 0.230 e. The van der Waals surface area contributed by atoms with Gasteiger partial charge in [-0.3, -0.25) is 0 Å². The lowest BCUT2D eigenvalue weighted by molar-refractivity contribution is 0.0721. The van der Waals surface area contributed by atoms with E-state index in [1.54, 1.807) is 6.08 Å². The number of hydrogen-bond donors (Lipinski definition) is 1.